The highest BCUT2D eigenvalue weighted by Gasteiger charge is 2.14. The van der Waals surface area contributed by atoms with E-state index in [0.717, 1.165) is 10.4 Å². The van der Waals surface area contributed by atoms with Gasteiger partial charge in [-0.25, -0.2) is 0 Å². The van der Waals surface area contributed by atoms with E-state index in [1.54, 1.807) is 19.2 Å². The summed E-state index contributed by atoms with van der Waals surface area (Å²) >= 11 is 1.36. The summed E-state index contributed by atoms with van der Waals surface area (Å²) in [6, 6.07) is 12.6. The Bertz CT molecular complexity index is 947. The van der Waals surface area contributed by atoms with Crippen molar-refractivity contribution in [2.24, 2.45) is 0 Å². The maximum Gasteiger partial charge on any atom is 0.325 e. The fourth-order valence-corrected chi connectivity index (χ4v) is 3.15. The zero-order valence-corrected chi connectivity index (χ0v) is 15.7. The molecule has 0 radical (unpaired) electrons. The second-order valence-electron chi connectivity index (χ2n) is 5.63. The summed E-state index contributed by atoms with van der Waals surface area (Å²) in [5, 5.41) is 6.50. The number of esters is 1. The summed E-state index contributed by atoms with van der Waals surface area (Å²) in [4.78, 5) is 25.3. The third-order valence-corrected chi connectivity index (χ3v) is 4.67. The molecule has 27 heavy (non-hydrogen) atoms. The zero-order valence-electron chi connectivity index (χ0n) is 14.9. The third kappa shape index (κ3) is 4.73. The molecule has 7 nitrogen and oxygen atoms in total. The van der Waals surface area contributed by atoms with Crippen molar-refractivity contribution in [2.45, 2.75) is 13.5 Å². The summed E-state index contributed by atoms with van der Waals surface area (Å²) in [5.41, 5.74) is 1.36. The van der Waals surface area contributed by atoms with Crippen molar-refractivity contribution in [2.75, 3.05) is 13.7 Å². The van der Waals surface area contributed by atoms with Gasteiger partial charge in [0.15, 0.2) is 12.4 Å². The lowest BCUT2D eigenvalue weighted by atomic mass is 10.1. The van der Waals surface area contributed by atoms with Crippen LogP contribution in [-0.4, -0.2) is 30.7 Å². The highest BCUT2D eigenvalue weighted by molar-refractivity contribution is 7.13. The number of rotatable bonds is 7. The minimum absolute atomic E-state index is 0.0744. The largest absolute Gasteiger partial charge is 0.496 e. The smallest absolute Gasteiger partial charge is 0.325 e. The molecule has 0 saturated heterocycles. The van der Waals surface area contributed by atoms with Crippen LogP contribution in [-0.2, 0) is 16.1 Å². The molecule has 3 aromatic rings. The van der Waals surface area contributed by atoms with Crippen molar-refractivity contribution in [3.8, 4) is 17.0 Å². The number of amides is 1. The number of carbonyl (C=O) groups is 2. The van der Waals surface area contributed by atoms with Crippen LogP contribution in [0.1, 0.15) is 20.3 Å². The molecule has 2 aromatic heterocycles. The lowest BCUT2D eigenvalue weighted by molar-refractivity contribution is -0.144. The first kappa shape index (κ1) is 18.7. The Morgan fingerprint density at radius 3 is 2.78 bits per heavy atom. The fourth-order valence-electron chi connectivity index (χ4n) is 2.36. The molecule has 0 bridgehead atoms. The summed E-state index contributed by atoms with van der Waals surface area (Å²) in [6.07, 6.45) is 0. The predicted octanol–water partition coefficient (Wildman–Crippen LogP) is 3.19. The number of nitrogens with one attached hydrogen (secondary N) is 1. The molecule has 0 unspecified atom stereocenters. The molecular formula is C19H18N2O5S. The number of methoxy groups -OCH3 is 1. The number of para-hydroxylation sites is 1. The molecule has 0 atom stereocenters. The van der Waals surface area contributed by atoms with Gasteiger partial charge in [0.25, 0.3) is 5.91 Å². The summed E-state index contributed by atoms with van der Waals surface area (Å²) in [6.45, 7) is 1.62. The highest BCUT2D eigenvalue weighted by Crippen LogP contribution is 2.29. The van der Waals surface area contributed by atoms with Gasteiger partial charge in [-0.2, -0.15) is 0 Å². The van der Waals surface area contributed by atoms with E-state index < -0.39 is 5.97 Å². The Kier molecular flexibility index (Phi) is 5.87. The molecule has 0 aliphatic rings. The van der Waals surface area contributed by atoms with E-state index in [2.05, 4.69) is 10.5 Å². The maximum absolute atomic E-state index is 11.9. The van der Waals surface area contributed by atoms with Gasteiger partial charge in [-0.15, -0.1) is 11.3 Å². The lowest BCUT2D eigenvalue weighted by Gasteiger charge is -2.04. The first-order valence-corrected chi connectivity index (χ1v) is 8.97. The highest BCUT2D eigenvalue weighted by atomic mass is 32.1. The average Bonchev–Trinajstić information content (AvgIpc) is 3.33. The number of benzene rings is 1. The zero-order chi connectivity index (χ0) is 19.2. The number of carbonyl (C=O) groups excluding carboxylic acids is 2. The average molecular weight is 386 g/mol. The van der Waals surface area contributed by atoms with Gasteiger partial charge in [0.2, 0.25) is 0 Å². The number of hydrogen-bond donors (Lipinski definition) is 1. The summed E-state index contributed by atoms with van der Waals surface area (Å²) in [7, 11) is 1.58. The van der Waals surface area contributed by atoms with Crippen LogP contribution in [0, 0.1) is 6.92 Å². The van der Waals surface area contributed by atoms with Gasteiger partial charge < -0.3 is 19.3 Å². The first-order chi connectivity index (χ1) is 13.1. The maximum atomic E-state index is 11.9. The topological polar surface area (TPSA) is 90.7 Å². The van der Waals surface area contributed by atoms with Crippen molar-refractivity contribution in [1.29, 1.82) is 0 Å². The van der Waals surface area contributed by atoms with E-state index in [9.17, 15) is 9.59 Å². The van der Waals surface area contributed by atoms with Gasteiger partial charge in [-0.1, -0.05) is 17.3 Å². The van der Waals surface area contributed by atoms with E-state index in [1.165, 1.54) is 11.3 Å². The first-order valence-electron chi connectivity index (χ1n) is 8.16. The molecule has 0 saturated carbocycles. The van der Waals surface area contributed by atoms with Crippen molar-refractivity contribution in [3.63, 3.8) is 0 Å². The molecule has 2 heterocycles. The predicted molar refractivity (Wildman–Crippen MR) is 99.7 cm³/mol. The van der Waals surface area contributed by atoms with Gasteiger partial charge in [-0.3, -0.25) is 9.59 Å². The molecule has 0 aliphatic heterocycles. The Labute approximate surface area is 159 Å². The Balaban J connectivity index is 1.51. The molecule has 1 amide bonds. The minimum Gasteiger partial charge on any atom is -0.496 e. The van der Waals surface area contributed by atoms with E-state index in [-0.39, 0.29) is 19.1 Å². The van der Waals surface area contributed by atoms with Gasteiger partial charge in [0.05, 0.1) is 12.0 Å². The molecule has 0 spiro atoms. The van der Waals surface area contributed by atoms with Crippen LogP contribution in [0.2, 0.25) is 0 Å². The second kappa shape index (κ2) is 8.50. The van der Waals surface area contributed by atoms with Gasteiger partial charge in [0, 0.05) is 16.5 Å². The minimum atomic E-state index is -0.563. The third-order valence-electron chi connectivity index (χ3n) is 3.67. The van der Waals surface area contributed by atoms with E-state index in [0.29, 0.717) is 22.1 Å². The van der Waals surface area contributed by atoms with Gasteiger partial charge >= 0.3 is 5.97 Å². The Hall–Kier alpha value is -3.13. The van der Waals surface area contributed by atoms with Crippen molar-refractivity contribution < 1.29 is 23.6 Å². The molecule has 0 aliphatic carbocycles. The van der Waals surface area contributed by atoms with Crippen LogP contribution >= 0.6 is 11.3 Å². The number of aryl methyl sites for hydroxylation is 1. The Morgan fingerprint density at radius 2 is 2.04 bits per heavy atom. The van der Waals surface area contributed by atoms with Crippen molar-refractivity contribution in [3.05, 3.63) is 58.0 Å². The molecule has 8 heteroatoms. The molecule has 3 rings (SSSR count). The van der Waals surface area contributed by atoms with E-state index in [4.69, 9.17) is 14.0 Å². The van der Waals surface area contributed by atoms with E-state index in [1.807, 2.05) is 37.3 Å². The number of nitrogens with zero attached hydrogens (tertiary/aromatic N) is 1. The number of hydrogen-bond acceptors (Lipinski definition) is 7. The standard InChI is InChI=1S/C19H18N2O5S/c1-12-7-8-17(27-12)19(23)20-10-18(22)25-11-13-9-15(21-26-13)14-5-3-4-6-16(14)24-2/h3-9H,10-11H2,1-2H3,(H,20,23). The fraction of sp³-hybridized carbons (Fsp3) is 0.211. The van der Waals surface area contributed by atoms with Gasteiger partial charge in [0.1, 0.15) is 18.0 Å². The Morgan fingerprint density at radius 1 is 1.22 bits per heavy atom. The van der Waals surface area contributed by atoms with Crippen LogP contribution in [0.3, 0.4) is 0 Å². The number of thiophene rings is 1. The molecule has 1 aromatic carbocycles. The number of ether oxygens (including phenoxy) is 2. The van der Waals surface area contributed by atoms with Crippen LogP contribution in [0.15, 0.2) is 47.0 Å². The normalized spacial score (nSPS) is 10.4. The molecule has 140 valence electrons. The SMILES string of the molecule is COc1ccccc1-c1cc(COC(=O)CNC(=O)c2ccc(C)s2)on1. The summed E-state index contributed by atoms with van der Waals surface area (Å²) in [5.74, 6) is 0.195. The van der Waals surface area contributed by atoms with Crippen LogP contribution < -0.4 is 10.1 Å². The van der Waals surface area contributed by atoms with Crippen molar-refractivity contribution >= 4 is 23.2 Å². The summed E-state index contributed by atoms with van der Waals surface area (Å²) < 4.78 is 15.6. The number of aromatic nitrogens is 1. The second-order valence-corrected chi connectivity index (χ2v) is 6.92. The monoisotopic (exact) mass is 386 g/mol. The van der Waals surface area contributed by atoms with Crippen molar-refractivity contribution in [1.82, 2.24) is 10.5 Å². The molecular weight excluding hydrogens is 368 g/mol. The molecule has 1 N–H and O–H groups in total. The quantitative estimate of drug-likeness (QED) is 0.627. The molecule has 0 fully saturated rings. The lowest BCUT2D eigenvalue weighted by Crippen LogP contribution is -2.30. The van der Waals surface area contributed by atoms with Crippen LogP contribution in [0.25, 0.3) is 11.3 Å². The van der Waals surface area contributed by atoms with Gasteiger partial charge in [-0.05, 0) is 31.2 Å². The van der Waals surface area contributed by atoms with Crippen LogP contribution in [0.4, 0.5) is 0 Å². The van der Waals surface area contributed by atoms with Crippen LogP contribution in [0.5, 0.6) is 5.75 Å². The van der Waals surface area contributed by atoms with E-state index >= 15 is 0 Å².